The predicted octanol–water partition coefficient (Wildman–Crippen LogP) is 1.88. The summed E-state index contributed by atoms with van der Waals surface area (Å²) in [6.07, 6.45) is 3.71. The van der Waals surface area contributed by atoms with E-state index in [2.05, 4.69) is 24.5 Å². The summed E-state index contributed by atoms with van der Waals surface area (Å²) in [4.78, 5) is 11.4. The van der Waals surface area contributed by atoms with Crippen LogP contribution in [0.25, 0.3) is 0 Å². The molecule has 0 aromatic carbocycles. The van der Waals surface area contributed by atoms with Crippen LogP contribution in [0.5, 0.6) is 0 Å². The lowest BCUT2D eigenvalue weighted by molar-refractivity contribution is 0.234. The van der Waals surface area contributed by atoms with Crippen LogP contribution in [0.4, 0.5) is 4.79 Å². The number of amides is 2. The van der Waals surface area contributed by atoms with Gasteiger partial charge in [-0.3, -0.25) is 0 Å². The van der Waals surface area contributed by atoms with Gasteiger partial charge in [0.15, 0.2) is 0 Å². The Kier molecular flexibility index (Phi) is 9.00. The number of carbonyl (C=O) groups excluding carboxylic acids is 1. The molecule has 0 aliphatic carbocycles. The number of hydrogen-bond acceptors (Lipinski definition) is 2. The normalized spacial score (nSPS) is 12.6. The van der Waals surface area contributed by atoms with Crippen LogP contribution in [-0.2, 0) is 0 Å². The van der Waals surface area contributed by atoms with Crippen molar-refractivity contribution >= 4 is 6.03 Å². The zero-order valence-electron chi connectivity index (χ0n) is 10.8. The van der Waals surface area contributed by atoms with Gasteiger partial charge in [0.25, 0.3) is 0 Å². The van der Waals surface area contributed by atoms with Crippen LogP contribution in [0.1, 0.15) is 46.5 Å². The Hall–Kier alpha value is -0.770. The van der Waals surface area contributed by atoms with E-state index in [1.165, 1.54) is 0 Å². The van der Waals surface area contributed by atoms with Gasteiger partial charge in [-0.05, 0) is 38.5 Å². The third kappa shape index (κ3) is 9.77. The molecule has 0 bridgehead atoms. The fourth-order valence-electron chi connectivity index (χ4n) is 1.46. The van der Waals surface area contributed by atoms with Crippen molar-refractivity contribution in [2.45, 2.75) is 52.5 Å². The summed E-state index contributed by atoms with van der Waals surface area (Å²) in [5.41, 5.74) is 0. The molecule has 1 atom stereocenters. The Morgan fingerprint density at radius 2 is 1.88 bits per heavy atom. The van der Waals surface area contributed by atoms with Gasteiger partial charge in [-0.15, -0.1) is 0 Å². The van der Waals surface area contributed by atoms with Crippen molar-refractivity contribution < 1.29 is 9.90 Å². The smallest absolute Gasteiger partial charge is 0.314 e. The van der Waals surface area contributed by atoms with Gasteiger partial charge >= 0.3 is 6.03 Å². The number of aliphatic hydroxyl groups is 1. The molecule has 0 aliphatic heterocycles. The lowest BCUT2D eigenvalue weighted by Crippen LogP contribution is -2.41. The van der Waals surface area contributed by atoms with Gasteiger partial charge in [0.1, 0.15) is 0 Å². The molecule has 0 saturated carbocycles. The highest BCUT2D eigenvalue weighted by molar-refractivity contribution is 5.74. The minimum absolute atomic E-state index is 0.103. The Morgan fingerprint density at radius 3 is 2.44 bits per heavy atom. The summed E-state index contributed by atoms with van der Waals surface area (Å²) in [6, 6.07) is 0.0199. The maximum atomic E-state index is 11.4. The summed E-state index contributed by atoms with van der Waals surface area (Å²) in [5, 5.41) is 14.3. The zero-order chi connectivity index (χ0) is 12.4. The summed E-state index contributed by atoms with van der Waals surface area (Å²) in [6.45, 7) is 7.22. The fraction of sp³-hybridized carbons (Fsp3) is 0.917. The van der Waals surface area contributed by atoms with Gasteiger partial charge in [0.05, 0.1) is 0 Å². The summed E-state index contributed by atoms with van der Waals surface area (Å²) in [5.74, 6) is 0.688. The molecular formula is C12H26N2O2. The number of hydrogen-bond donors (Lipinski definition) is 3. The molecule has 96 valence electrons. The van der Waals surface area contributed by atoms with E-state index in [0.29, 0.717) is 5.92 Å². The van der Waals surface area contributed by atoms with E-state index < -0.39 is 0 Å². The first-order chi connectivity index (χ1) is 7.56. The standard InChI is InChI=1S/C12H26N2O2/c1-10(2)6-4-8-13-12(16)14-11(3)7-5-9-15/h10-11,15H,4-9H2,1-3H3,(H2,13,14,16). The Balaban J connectivity index is 3.43. The molecule has 0 heterocycles. The van der Waals surface area contributed by atoms with Crippen LogP contribution in [0.15, 0.2) is 0 Å². The van der Waals surface area contributed by atoms with Crippen LogP contribution < -0.4 is 10.6 Å². The third-order valence-electron chi connectivity index (χ3n) is 2.42. The van der Waals surface area contributed by atoms with Crippen molar-refractivity contribution in [3.63, 3.8) is 0 Å². The lowest BCUT2D eigenvalue weighted by atomic mass is 10.1. The molecule has 4 heteroatoms. The lowest BCUT2D eigenvalue weighted by Gasteiger charge is -2.14. The Labute approximate surface area is 98.8 Å². The summed E-state index contributed by atoms with van der Waals surface area (Å²) >= 11 is 0. The average molecular weight is 230 g/mol. The largest absolute Gasteiger partial charge is 0.396 e. The molecule has 0 spiro atoms. The third-order valence-corrected chi connectivity index (χ3v) is 2.42. The topological polar surface area (TPSA) is 61.4 Å². The highest BCUT2D eigenvalue weighted by Gasteiger charge is 2.05. The molecule has 2 amide bonds. The second kappa shape index (κ2) is 9.46. The van der Waals surface area contributed by atoms with Gasteiger partial charge < -0.3 is 15.7 Å². The van der Waals surface area contributed by atoms with Crippen molar-refractivity contribution in [1.29, 1.82) is 0 Å². The zero-order valence-corrected chi connectivity index (χ0v) is 10.8. The van der Waals surface area contributed by atoms with E-state index in [4.69, 9.17) is 5.11 Å². The van der Waals surface area contributed by atoms with E-state index in [1.807, 2.05) is 6.92 Å². The molecule has 0 fully saturated rings. The number of nitrogens with one attached hydrogen (secondary N) is 2. The minimum Gasteiger partial charge on any atom is -0.396 e. The molecule has 0 aliphatic rings. The SMILES string of the molecule is CC(C)CCCNC(=O)NC(C)CCCO. The van der Waals surface area contributed by atoms with Crippen LogP contribution in [0, 0.1) is 5.92 Å². The number of rotatable bonds is 8. The van der Waals surface area contributed by atoms with Crippen molar-refractivity contribution in [2.75, 3.05) is 13.2 Å². The molecule has 0 radical (unpaired) electrons. The fourth-order valence-corrected chi connectivity index (χ4v) is 1.46. The maximum absolute atomic E-state index is 11.4. The van der Waals surface area contributed by atoms with Gasteiger partial charge in [-0.2, -0.15) is 0 Å². The van der Waals surface area contributed by atoms with E-state index in [-0.39, 0.29) is 18.7 Å². The molecule has 0 rings (SSSR count). The van der Waals surface area contributed by atoms with Crippen LogP contribution in [0.3, 0.4) is 0 Å². The van der Waals surface area contributed by atoms with Crippen LogP contribution >= 0.6 is 0 Å². The molecule has 0 aromatic heterocycles. The first-order valence-corrected chi connectivity index (χ1v) is 6.21. The number of carbonyl (C=O) groups is 1. The molecular weight excluding hydrogens is 204 g/mol. The van der Waals surface area contributed by atoms with Gasteiger partial charge in [0.2, 0.25) is 0 Å². The van der Waals surface area contributed by atoms with E-state index in [0.717, 1.165) is 32.2 Å². The van der Waals surface area contributed by atoms with Crippen LogP contribution in [-0.4, -0.2) is 30.3 Å². The quantitative estimate of drug-likeness (QED) is 0.558. The maximum Gasteiger partial charge on any atom is 0.314 e. The predicted molar refractivity (Wildman–Crippen MR) is 66.4 cm³/mol. The second-order valence-electron chi connectivity index (χ2n) is 4.70. The molecule has 0 aromatic rings. The summed E-state index contributed by atoms with van der Waals surface area (Å²) < 4.78 is 0. The number of aliphatic hydroxyl groups excluding tert-OH is 1. The van der Waals surface area contributed by atoms with Gasteiger partial charge in [-0.1, -0.05) is 13.8 Å². The Morgan fingerprint density at radius 1 is 1.19 bits per heavy atom. The van der Waals surface area contributed by atoms with Crippen molar-refractivity contribution in [2.24, 2.45) is 5.92 Å². The van der Waals surface area contributed by atoms with Crippen molar-refractivity contribution in [1.82, 2.24) is 10.6 Å². The average Bonchev–Trinajstić information content (AvgIpc) is 2.21. The van der Waals surface area contributed by atoms with Gasteiger partial charge in [-0.25, -0.2) is 4.79 Å². The number of urea groups is 1. The molecule has 4 nitrogen and oxygen atoms in total. The van der Waals surface area contributed by atoms with Gasteiger partial charge in [0, 0.05) is 19.2 Å². The monoisotopic (exact) mass is 230 g/mol. The minimum atomic E-state index is -0.103. The molecule has 16 heavy (non-hydrogen) atoms. The highest BCUT2D eigenvalue weighted by atomic mass is 16.3. The van der Waals surface area contributed by atoms with Crippen molar-refractivity contribution in [3.8, 4) is 0 Å². The molecule has 1 unspecified atom stereocenters. The van der Waals surface area contributed by atoms with E-state index >= 15 is 0 Å². The first kappa shape index (κ1) is 15.2. The Bertz CT molecular complexity index is 184. The first-order valence-electron chi connectivity index (χ1n) is 6.21. The molecule has 3 N–H and O–H groups in total. The second-order valence-corrected chi connectivity index (χ2v) is 4.70. The van der Waals surface area contributed by atoms with Crippen molar-refractivity contribution in [3.05, 3.63) is 0 Å². The van der Waals surface area contributed by atoms with E-state index in [1.54, 1.807) is 0 Å². The molecule has 0 saturated heterocycles. The highest BCUT2D eigenvalue weighted by Crippen LogP contribution is 2.01. The van der Waals surface area contributed by atoms with E-state index in [9.17, 15) is 4.79 Å². The summed E-state index contributed by atoms with van der Waals surface area (Å²) in [7, 11) is 0. The van der Waals surface area contributed by atoms with Crippen LogP contribution in [0.2, 0.25) is 0 Å².